The van der Waals surface area contributed by atoms with Crippen LogP contribution in [0.4, 0.5) is 11.4 Å². The molecule has 8 nitrogen and oxygen atoms in total. The molecule has 0 unspecified atom stereocenters. The van der Waals surface area contributed by atoms with Crippen LogP contribution >= 0.6 is 0 Å². The first-order chi connectivity index (χ1) is 13.6. The Balaban J connectivity index is 1.64. The van der Waals surface area contributed by atoms with Crippen LogP contribution in [0, 0.1) is 0 Å². The van der Waals surface area contributed by atoms with Crippen LogP contribution in [-0.4, -0.2) is 23.9 Å². The lowest BCUT2D eigenvalue weighted by molar-refractivity contribution is -0.136. The van der Waals surface area contributed by atoms with Gasteiger partial charge in [-0.2, -0.15) is 5.10 Å². The highest BCUT2D eigenvalue weighted by molar-refractivity contribution is 6.40. The SMILES string of the molecule is O=C(N/N=C\c1ccco1)C(=O)Nc1ccccc1C(=O)Nc1ccccc1. The second-order valence-corrected chi connectivity index (χ2v) is 5.53. The van der Waals surface area contributed by atoms with Crippen molar-refractivity contribution in [3.05, 3.63) is 84.3 Å². The van der Waals surface area contributed by atoms with Crippen LogP contribution in [0.25, 0.3) is 0 Å². The lowest BCUT2D eigenvalue weighted by Crippen LogP contribution is -2.33. The van der Waals surface area contributed by atoms with E-state index in [1.807, 2.05) is 6.07 Å². The Morgan fingerprint density at radius 2 is 1.57 bits per heavy atom. The number of nitrogens with zero attached hydrogens (tertiary/aromatic N) is 1. The normalized spacial score (nSPS) is 10.4. The minimum Gasteiger partial charge on any atom is -0.463 e. The summed E-state index contributed by atoms with van der Waals surface area (Å²) >= 11 is 0. The molecule has 0 atom stereocenters. The number of hydrazone groups is 1. The monoisotopic (exact) mass is 376 g/mol. The van der Waals surface area contributed by atoms with Gasteiger partial charge in [-0.05, 0) is 36.4 Å². The Hall–Kier alpha value is -4.20. The van der Waals surface area contributed by atoms with Crippen molar-refractivity contribution in [3.8, 4) is 0 Å². The van der Waals surface area contributed by atoms with Gasteiger partial charge in [0.25, 0.3) is 5.91 Å². The average molecular weight is 376 g/mol. The minimum absolute atomic E-state index is 0.200. The summed E-state index contributed by atoms with van der Waals surface area (Å²) in [5, 5.41) is 8.77. The van der Waals surface area contributed by atoms with Crippen LogP contribution in [0.15, 0.2) is 82.5 Å². The molecule has 0 aliphatic carbocycles. The number of hydrogen-bond donors (Lipinski definition) is 3. The molecular weight excluding hydrogens is 360 g/mol. The van der Waals surface area contributed by atoms with Gasteiger partial charge in [-0.25, -0.2) is 5.43 Å². The second-order valence-electron chi connectivity index (χ2n) is 5.53. The molecule has 0 aliphatic rings. The summed E-state index contributed by atoms with van der Waals surface area (Å²) < 4.78 is 5.02. The predicted octanol–water partition coefficient (Wildman–Crippen LogP) is 2.62. The van der Waals surface area contributed by atoms with Crippen molar-refractivity contribution in [3.63, 3.8) is 0 Å². The van der Waals surface area contributed by atoms with Gasteiger partial charge in [0.2, 0.25) is 0 Å². The lowest BCUT2D eigenvalue weighted by atomic mass is 10.1. The van der Waals surface area contributed by atoms with Crippen molar-refractivity contribution in [1.82, 2.24) is 5.43 Å². The lowest BCUT2D eigenvalue weighted by Gasteiger charge is -2.11. The molecule has 1 heterocycles. The van der Waals surface area contributed by atoms with Gasteiger partial charge >= 0.3 is 11.8 Å². The number of benzene rings is 2. The highest BCUT2D eigenvalue weighted by Crippen LogP contribution is 2.17. The molecule has 3 aromatic rings. The summed E-state index contributed by atoms with van der Waals surface area (Å²) in [5.41, 5.74) is 3.11. The Labute approximate surface area is 160 Å². The first-order valence-electron chi connectivity index (χ1n) is 8.27. The molecule has 0 bridgehead atoms. The van der Waals surface area contributed by atoms with E-state index in [0.29, 0.717) is 11.4 Å². The van der Waals surface area contributed by atoms with E-state index < -0.39 is 17.7 Å². The summed E-state index contributed by atoms with van der Waals surface area (Å²) in [7, 11) is 0. The van der Waals surface area contributed by atoms with Gasteiger partial charge in [-0.15, -0.1) is 0 Å². The van der Waals surface area contributed by atoms with Crippen molar-refractivity contribution in [1.29, 1.82) is 0 Å². The first-order valence-corrected chi connectivity index (χ1v) is 8.27. The largest absolute Gasteiger partial charge is 0.463 e. The van der Waals surface area contributed by atoms with Crippen molar-refractivity contribution in [2.45, 2.75) is 0 Å². The molecule has 0 radical (unpaired) electrons. The topological polar surface area (TPSA) is 113 Å². The van der Waals surface area contributed by atoms with Gasteiger partial charge in [0.05, 0.1) is 23.7 Å². The second kappa shape index (κ2) is 8.95. The zero-order valence-electron chi connectivity index (χ0n) is 14.6. The van der Waals surface area contributed by atoms with Gasteiger partial charge in [0, 0.05) is 5.69 Å². The number of carbonyl (C=O) groups excluding carboxylic acids is 3. The summed E-state index contributed by atoms with van der Waals surface area (Å²) in [6.45, 7) is 0. The zero-order chi connectivity index (χ0) is 19.8. The molecule has 1 aromatic heterocycles. The number of carbonyl (C=O) groups is 3. The third kappa shape index (κ3) is 4.92. The number of rotatable bonds is 5. The Morgan fingerprint density at radius 1 is 0.821 bits per heavy atom. The van der Waals surface area contributed by atoms with Gasteiger partial charge in [0.15, 0.2) is 0 Å². The Morgan fingerprint density at radius 3 is 2.32 bits per heavy atom. The summed E-state index contributed by atoms with van der Waals surface area (Å²) in [6.07, 6.45) is 2.71. The molecule has 140 valence electrons. The standard InChI is InChI=1S/C20H16N4O4/c25-18(22-14-7-2-1-3-8-14)16-10-4-5-11-17(16)23-19(26)20(27)24-21-13-15-9-6-12-28-15/h1-13H,(H,22,25)(H,23,26)(H,24,27)/b21-13-. The highest BCUT2D eigenvalue weighted by atomic mass is 16.3. The third-order valence-electron chi connectivity index (χ3n) is 3.56. The number of hydrogen-bond acceptors (Lipinski definition) is 5. The molecular formula is C20H16N4O4. The van der Waals surface area contributed by atoms with E-state index in [2.05, 4.69) is 21.2 Å². The van der Waals surface area contributed by atoms with Crippen LogP contribution in [0.5, 0.6) is 0 Å². The number of anilines is 2. The molecule has 0 spiro atoms. The maximum absolute atomic E-state index is 12.5. The Kier molecular flexibility index (Phi) is 5.94. The van der Waals surface area contributed by atoms with E-state index in [4.69, 9.17) is 4.42 Å². The van der Waals surface area contributed by atoms with Gasteiger partial charge < -0.3 is 15.1 Å². The van der Waals surface area contributed by atoms with E-state index >= 15 is 0 Å². The zero-order valence-corrected chi connectivity index (χ0v) is 14.6. The molecule has 2 aromatic carbocycles. The van der Waals surface area contributed by atoms with Gasteiger partial charge in [0.1, 0.15) is 5.76 Å². The number of furan rings is 1. The van der Waals surface area contributed by atoms with Crippen molar-refractivity contribution in [2.75, 3.05) is 10.6 Å². The average Bonchev–Trinajstić information content (AvgIpc) is 3.22. The van der Waals surface area contributed by atoms with Crippen LogP contribution < -0.4 is 16.1 Å². The van der Waals surface area contributed by atoms with Gasteiger partial charge in [-0.1, -0.05) is 30.3 Å². The highest BCUT2D eigenvalue weighted by Gasteiger charge is 2.17. The smallest absolute Gasteiger partial charge is 0.329 e. The maximum atomic E-state index is 12.5. The number of amides is 3. The maximum Gasteiger partial charge on any atom is 0.329 e. The summed E-state index contributed by atoms with van der Waals surface area (Å²) in [4.78, 5) is 36.5. The van der Waals surface area contributed by atoms with Crippen LogP contribution in [0.1, 0.15) is 16.1 Å². The first kappa shape index (κ1) is 18.6. The van der Waals surface area contributed by atoms with E-state index in [1.54, 1.807) is 54.6 Å². The minimum atomic E-state index is -0.985. The molecule has 28 heavy (non-hydrogen) atoms. The quantitative estimate of drug-likeness (QED) is 0.361. The molecule has 3 amide bonds. The van der Waals surface area contributed by atoms with Crippen LogP contribution in [0.2, 0.25) is 0 Å². The fourth-order valence-corrected chi connectivity index (χ4v) is 2.26. The molecule has 0 fully saturated rings. The number of nitrogens with one attached hydrogen (secondary N) is 3. The van der Waals surface area contributed by atoms with Crippen LogP contribution in [0.3, 0.4) is 0 Å². The number of para-hydroxylation sites is 2. The van der Waals surface area contributed by atoms with Crippen molar-refractivity contribution < 1.29 is 18.8 Å². The molecule has 3 N–H and O–H groups in total. The molecule has 3 rings (SSSR count). The van der Waals surface area contributed by atoms with E-state index in [0.717, 1.165) is 0 Å². The van der Waals surface area contributed by atoms with E-state index in [1.165, 1.54) is 18.5 Å². The molecule has 0 saturated heterocycles. The van der Waals surface area contributed by atoms with Crippen molar-refractivity contribution in [2.24, 2.45) is 5.10 Å². The fourth-order valence-electron chi connectivity index (χ4n) is 2.26. The Bertz CT molecular complexity index is 998. The summed E-state index contributed by atoms with van der Waals surface area (Å²) in [5.74, 6) is -1.94. The van der Waals surface area contributed by atoms with Crippen molar-refractivity contribution >= 4 is 35.3 Å². The summed E-state index contributed by atoms with van der Waals surface area (Å²) in [6, 6.07) is 18.5. The fraction of sp³-hybridized carbons (Fsp3) is 0. The molecule has 8 heteroatoms. The van der Waals surface area contributed by atoms with Crippen LogP contribution in [-0.2, 0) is 9.59 Å². The molecule has 0 saturated carbocycles. The van der Waals surface area contributed by atoms with E-state index in [-0.39, 0.29) is 11.3 Å². The van der Waals surface area contributed by atoms with E-state index in [9.17, 15) is 14.4 Å². The predicted molar refractivity (Wildman–Crippen MR) is 104 cm³/mol. The molecule has 0 aliphatic heterocycles. The third-order valence-corrected chi connectivity index (χ3v) is 3.56. The van der Waals surface area contributed by atoms with Gasteiger partial charge in [-0.3, -0.25) is 14.4 Å².